The number of hydrogen-bond donors (Lipinski definition) is 2. The van der Waals surface area contributed by atoms with Crippen molar-refractivity contribution in [1.29, 1.82) is 0 Å². The molecule has 3 N–H and O–H groups in total. The average molecular weight is 398 g/mol. The lowest BCUT2D eigenvalue weighted by Crippen LogP contribution is -2.47. The van der Waals surface area contributed by atoms with Crippen LogP contribution < -0.4 is 11.1 Å². The number of likely N-dealkylation sites (tertiary alicyclic amines) is 1. The number of nitrogens with zero attached hydrogens (tertiary/aromatic N) is 2. The van der Waals surface area contributed by atoms with Crippen LogP contribution in [0.2, 0.25) is 0 Å². The van der Waals surface area contributed by atoms with Gasteiger partial charge < -0.3 is 16.0 Å². The quantitative estimate of drug-likeness (QED) is 0.825. The van der Waals surface area contributed by atoms with Crippen molar-refractivity contribution in [2.45, 2.75) is 30.2 Å². The first-order chi connectivity index (χ1) is 13.5. The summed E-state index contributed by atoms with van der Waals surface area (Å²) in [5.41, 5.74) is 7.62. The Labute approximate surface area is 164 Å². The van der Waals surface area contributed by atoms with E-state index in [2.05, 4.69) is 9.71 Å². The third-order valence-electron chi connectivity index (χ3n) is 5.19. The predicted octanol–water partition coefficient (Wildman–Crippen LogP) is 2.20. The number of nitrogens with two attached hydrogens (primary N) is 1. The molecule has 0 radical (unpaired) electrons. The van der Waals surface area contributed by atoms with Gasteiger partial charge in [0.15, 0.2) is 5.84 Å². The Kier molecular flexibility index (Phi) is 4.91. The van der Waals surface area contributed by atoms with Crippen LogP contribution in [0.15, 0.2) is 57.8 Å². The number of sulfonamides is 1. The fourth-order valence-corrected chi connectivity index (χ4v) is 4.88. The molecule has 0 aliphatic carbocycles. The van der Waals surface area contributed by atoms with E-state index in [-0.39, 0.29) is 22.7 Å². The minimum absolute atomic E-state index is 0.0205. The Morgan fingerprint density at radius 2 is 1.89 bits per heavy atom. The van der Waals surface area contributed by atoms with Gasteiger partial charge >= 0.3 is 0 Å². The van der Waals surface area contributed by atoms with E-state index in [1.165, 1.54) is 6.07 Å². The number of benzene rings is 2. The Balaban J connectivity index is 1.52. The van der Waals surface area contributed by atoms with Crippen molar-refractivity contribution in [3.05, 3.63) is 59.7 Å². The third kappa shape index (κ3) is 3.41. The van der Waals surface area contributed by atoms with E-state index in [9.17, 15) is 13.2 Å². The molecule has 1 amide bonds. The van der Waals surface area contributed by atoms with Crippen LogP contribution in [0.25, 0.3) is 0 Å². The van der Waals surface area contributed by atoms with Gasteiger partial charge in [0.05, 0.1) is 0 Å². The number of hydrogen-bond acceptors (Lipinski definition) is 5. The number of amides is 1. The predicted molar refractivity (Wildman–Crippen MR) is 108 cm³/mol. The highest BCUT2D eigenvalue weighted by molar-refractivity contribution is 7.90. The maximum Gasteiger partial charge on any atom is 0.285 e. The molecule has 2 heterocycles. The summed E-state index contributed by atoms with van der Waals surface area (Å²) in [4.78, 5) is 14.9. The minimum Gasteiger partial charge on any atom is -0.339 e. The number of nitrogens with one attached hydrogen (secondary N) is 1. The molecule has 2 aliphatic rings. The number of carbonyl (C=O) groups excluding carboxylic acids is 1. The van der Waals surface area contributed by atoms with Crippen molar-refractivity contribution in [3.63, 3.8) is 0 Å². The standard InChI is InChI=1S/C20H22N4O3S/c21-13-16-5-3-4-12-24(16)20(25)14-8-10-15(11-9-14)22-19-17-6-1-2-7-18(17)28(26,27)23-19/h1-2,6-11,16H,3-5,12-13,21H2,(H,22,23). The number of anilines is 1. The zero-order valence-corrected chi connectivity index (χ0v) is 16.2. The van der Waals surface area contributed by atoms with Crippen molar-refractivity contribution in [2.24, 2.45) is 10.1 Å². The minimum atomic E-state index is -3.67. The summed E-state index contributed by atoms with van der Waals surface area (Å²) >= 11 is 0. The van der Waals surface area contributed by atoms with Gasteiger partial charge in [-0.25, -0.2) is 0 Å². The first kappa shape index (κ1) is 18.6. The van der Waals surface area contributed by atoms with Crippen LogP contribution in [0.4, 0.5) is 5.69 Å². The molecule has 1 unspecified atom stereocenters. The van der Waals surface area contributed by atoms with E-state index in [1.54, 1.807) is 42.5 Å². The van der Waals surface area contributed by atoms with Crippen molar-refractivity contribution < 1.29 is 13.2 Å². The lowest BCUT2D eigenvalue weighted by atomic mass is 10.0. The zero-order valence-electron chi connectivity index (χ0n) is 15.3. The second-order valence-corrected chi connectivity index (χ2v) is 8.57. The number of piperidine rings is 1. The van der Waals surface area contributed by atoms with Crippen molar-refractivity contribution in [1.82, 2.24) is 4.90 Å². The molecule has 4 rings (SSSR count). The Morgan fingerprint density at radius 3 is 2.64 bits per heavy atom. The molecule has 2 aromatic carbocycles. The largest absolute Gasteiger partial charge is 0.339 e. The van der Waals surface area contributed by atoms with Gasteiger partial charge in [0.2, 0.25) is 0 Å². The summed E-state index contributed by atoms with van der Waals surface area (Å²) in [6.07, 6.45) is 3.03. The second-order valence-electron chi connectivity index (χ2n) is 7.00. The van der Waals surface area contributed by atoms with Crippen LogP contribution in [0.3, 0.4) is 0 Å². The van der Waals surface area contributed by atoms with Gasteiger partial charge in [-0.05, 0) is 55.7 Å². The van der Waals surface area contributed by atoms with Crippen LogP contribution in [-0.2, 0) is 10.0 Å². The van der Waals surface area contributed by atoms with Crippen LogP contribution in [-0.4, -0.2) is 44.2 Å². The molecule has 0 bridgehead atoms. The van der Waals surface area contributed by atoms with Crippen molar-refractivity contribution >= 4 is 27.5 Å². The lowest BCUT2D eigenvalue weighted by Gasteiger charge is -2.35. The molecule has 7 nitrogen and oxygen atoms in total. The maximum atomic E-state index is 12.8. The second kappa shape index (κ2) is 7.37. The fraction of sp³-hybridized carbons (Fsp3) is 0.300. The van der Waals surface area contributed by atoms with E-state index < -0.39 is 10.0 Å². The highest BCUT2D eigenvalue weighted by atomic mass is 32.2. The van der Waals surface area contributed by atoms with E-state index in [4.69, 9.17) is 5.73 Å². The van der Waals surface area contributed by atoms with Crippen LogP contribution >= 0.6 is 0 Å². The molecular weight excluding hydrogens is 376 g/mol. The molecule has 0 aromatic heterocycles. The molecule has 28 heavy (non-hydrogen) atoms. The Morgan fingerprint density at radius 1 is 1.14 bits per heavy atom. The Hall–Kier alpha value is -2.71. The van der Waals surface area contributed by atoms with Crippen molar-refractivity contribution in [2.75, 3.05) is 18.4 Å². The average Bonchev–Trinajstić information content (AvgIpc) is 2.98. The molecule has 2 aromatic rings. The van der Waals surface area contributed by atoms with Gasteiger partial charge in [-0.15, -0.1) is 4.40 Å². The molecule has 1 atom stereocenters. The normalized spacial score (nSPS) is 20.4. The highest BCUT2D eigenvalue weighted by Crippen LogP contribution is 2.27. The molecule has 146 valence electrons. The topological polar surface area (TPSA) is 105 Å². The van der Waals surface area contributed by atoms with Crippen molar-refractivity contribution in [3.8, 4) is 0 Å². The molecule has 0 spiro atoms. The lowest BCUT2D eigenvalue weighted by molar-refractivity contribution is 0.0623. The van der Waals surface area contributed by atoms with Gasteiger partial charge in [-0.3, -0.25) is 4.79 Å². The third-order valence-corrected chi connectivity index (χ3v) is 6.52. The van der Waals surface area contributed by atoms with Gasteiger partial charge in [-0.1, -0.05) is 12.1 Å². The van der Waals surface area contributed by atoms with E-state index in [0.29, 0.717) is 23.4 Å². The first-order valence-electron chi connectivity index (χ1n) is 9.32. The van der Waals surface area contributed by atoms with Crippen LogP contribution in [0.1, 0.15) is 35.2 Å². The molecule has 1 fully saturated rings. The number of fused-ring (bicyclic) bond motifs is 1. The molecule has 2 aliphatic heterocycles. The van der Waals surface area contributed by atoms with E-state index in [0.717, 1.165) is 25.8 Å². The highest BCUT2D eigenvalue weighted by Gasteiger charge is 2.29. The Bertz CT molecular complexity index is 1030. The zero-order chi connectivity index (χ0) is 19.7. The summed E-state index contributed by atoms with van der Waals surface area (Å²) < 4.78 is 28.1. The summed E-state index contributed by atoms with van der Waals surface area (Å²) in [5.74, 6) is 0.265. The number of carbonyl (C=O) groups is 1. The van der Waals surface area contributed by atoms with E-state index in [1.807, 2.05) is 4.90 Å². The van der Waals surface area contributed by atoms with E-state index >= 15 is 0 Å². The molecule has 1 saturated heterocycles. The molecule has 0 saturated carbocycles. The summed E-state index contributed by atoms with van der Waals surface area (Å²) in [6.45, 7) is 1.20. The molecular formula is C20H22N4O3S. The smallest absolute Gasteiger partial charge is 0.285 e. The first-order valence-corrected chi connectivity index (χ1v) is 10.8. The monoisotopic (exact) mass is 398 g/mol. The summed E-state index contributed by atoms with van der Waals surface area (Å²) in [5, 5.41) is 3.04. The van der Waals surface area contributed by atoms with Crippen LogP contribution in [0, 0.1) is 0 Å². The SMILES string of the molecule is NCC1CCCCN1C(=O)c1ccc(NC2=NS(=O)(=O)c3ccccc32)cc1. The van der Waals surface area contributed by atoms with Gasteiger partial charge in [0.1, 0.15) is 4.90 Å². The van der Waals surface area contributed by atoms with Gasteiger partial charge in [-0.2, -0.15) is 8.42 Å². The fourth-order valence-electron chi connectivity index (χ4n) is 3.71. The number of amidine groups is 1. The van der Waals surface area contributed by atoms with Crippen LogP contribution in [0.5, 0.6) is 0 Å². The summed E-state index contributed by atoms with van der Waals surface area (Å²) in [7, 11) is -3.67. The van der Waals surface area contributed by atoms with Gasteiger partial charge in [0.25, 0.3) is 15.9 Å². The number of rotatable bonds is 3. The summed E-state index contributed by atoms with van der Waals surface area (Å²) in [6, 6.07) is 13.8. The van der Waals surface area contributed by atoms with Gasteiger partial charge in [0, 0.05) is 35.9 Å². The maximum absolute atomic E-state index is 12.8. The molecule has 8 heteroatoms.